The molecular weight excluding hydrogens is 276 g/mol. The SMILES string of the molecule is COC(=O)C(C)(C)NC(=O)/C=C/c1cccc([N+](=O)[O-])c1. The summed E-state index contributed by atoms with van der Waals surface area (Å²) >= 11 is 0. The lowest BCUT2D eigenvalue weighted by Gasteiger charge is -2.22. The molecule has 0 saturated heterocycles. The molecule has 1 aromatic carbocycles. The first-order valence-corrected chi connectivity index (χ1v) is 6.09. The number of hydrogen-bond donors (Lipinski definition) is 1. The quantitative estimate of drug-likeness (QED) is 0.385. The minimum Gasteiger partial charge on any atom is -0.467 e. The van der Waals surface area contributed by atoms with Crippen LogP contribution in [0, 0.1) is 10.1 Å². The molecule has 0 heterocycles. The first kappa shape index (κ1) is 16.4. The fraction of sp³-hybridized carbons (Fsp3) is 0.286. The average molecular weight is 292 g/mol. The Morgan fingerprint density at radius 1 is 1.38 bits per heavy atom. The van der Waals surface area contributed by atoms with Gasteiger partial charge in [0.2, 0.25) is 5.91 Å². The van der Waals surface area contributed by atoms with Crippen LogP contribution in [-0.2, 0) is 14.3 Å². The van der Waals surface area contributed by atoms with Crippen molar-refractivity contribution in [1.29, 1.82) is 0 Å². The summed E-state index contributed by atoms with van der Waals surface area (Å²) in [6, 6.07) is 5.85. The molecule has 1 rings (SSSR count). The molecule has 1 aromatic rings. The molecule has 0 aliphatic heterocycles. The van der Waals surface area contributed by atoms with Gasteiger partial charge in [0.25, 0.3) is 5.69 Å². The van der Waals surface area contributed by atoms with Crippen LogP contribution in [0.4, 0.5) is 5.69 Å². The number of esters is 1. The molecule has 0 radical (unpaired) electrons. The van der Waals surface area contributed by atoms with Gasteiger partial charge >= 0.3 is 5.97 Å². The zero-order valence-electron chi connectivity index (χ0n) is 12.0. The Morgan fingerprint density at radius 3 is 2.62 bits per heavy atom. The van der Waals surface area contributed by atoms with Crippen LogP contribution < -0.4 is 5.32 Å². The normalized spacial score (nSPS) is 11.2. The molecule has 0 saturated carbocycles. The highest BCUT2D eigenvalue weighted by Gasteiger charge is 2.29. The second kappa shape index (κ2) is 6.65. The van der Waals surface area contributed by atoms with Crippen LogP contribution in [0.3, 0.4) is 0 Å². The molecule has 7 nitrogen and oxygen atoms in total. The summed E-state index contributed by atoms with van der Waals surface area (Å²) in [5.74, 6) is -1.07. The van der Waals surface area contributed by atoms with E-state index in [2.05, 4.69) is 10.1 Å². The van der Waals surface area contributed by atoms with Crippen LogP contribution >= 0.6 is 0 Å². The van der Waals surface area contributed by atoms with Gasteiger partial charge in [0, 0.05) is 18.2 Å². The van der Waals surface area contributed by atoms with E-state index < -0.39 is 22.3 Å². The van der Waals surface area contributed by atoms with Gasteiger partial charge in [0.15, 0.2) is 0 Å². The van der Waals surface area contributed by atoms with Gasteiger partial charge < -0.3 is 10.1 Å². The molecule has 21 heavy (non-hydrogen) atoms. The largest absolute Gasteiger partial charge is 0.467 e. The van der Waals surface area contributed by atoms with Crippen molar-refractivity contribution >= 4 is 23.6 Å². The van der Waals surface area contributed by atoms with Gasteiger partial charge in [-0.05, 0) is 25.5 Å². The maximum Gasteiger partial charge on any atom is 0.330 e. The minimum absolute atomic E-state index is 0.0625. The second-order valence-electron chi connectivity index (χ2n) is 4.79. The molecular formula is C14H16N2O5. The van der Waals surface area contributed by atoms with E-state index >= 15 is 0 Å². The summed E-state index contributed by atoms with van der Waals surface area (Å²) in [5, 5.41) is 13.1. The van der Waals surface area contributed by atoms with Crippen LogP contribution in [0.15, 0.2) is 30.3 Å². The van der Waals surface area contributed by atoms with E-state index in [4.69, 9.17) is 0 Å². The summed E-state index contributed by atoms with van der Waals surface area (Å²) < 4.78 is 4.57. The number of nitro benzene ring substituents is 1. The lowest BCUT2D eigenvalue weighted by atomic mass is 10.1. The molecule has 0 fully saturated rings. The van der Waals surface area contributed by atoms with Crippen LogP contribution in [-0.4, -0.2) is 29.4 Å². The predicted molar refractivity (Wildman–Crippen MR) is 76.4 cm³/mol. The number of nitrogens with zero attached hydrogens (tertiary/aromatic N) is 1. The summed E-state index contributed by atoms with van der Waals surface area (Å²) in [6.07, 6.45) is 2.62. The Bertz CT molecular complexity index is 593. The minimum atomic E-state index is -1.15. The summed E-state index contributed by atoms with van der Waals surface area (Å²) in [7, 11) is 1.23. The summed E-state index contributed by atoms with van der Waals surface area (Å²) in [4.78, 5) is 33.3. The van der Waals surface area contributed by atoms with Crippen LogP contribution in [0.2, 0.25) is 0 Å². The monoisotopic (exact) mass is 292 g/mol. The van der Waals surface area contributed by atoms with Gasteiger partial charge in [-0.15, -0.1) is 0 Å². The number of methoxy groups -OCH3 is 1. The molecule has 1 amide bonds. The molecule has 0 aliphatic rings. The van der Waals surface area contributed by atoms with Crippen molar-refractivity contribution in [3.8, 4) is 0 Å². The fourth-order valence-corrected chi connectivity index (χ4v) is 1.57. The number of nitro groups is 1. The van der Waals surface area contributed by atoms with Crippen molar-refractivity contribution in [2.24, 2.45) is 0 Å². The molecule has 0 atom stereocenters. The molecule has 0 aliphatic carbocycles. The number of amides is 1. The van der Waals surface area contributed by atoms with Crippen molar-refractivity contribution < 1.29 is 19.2 Å². The Hall–Kier alpha value is -2.70. The highest BCUT2D eigenvalue weighted by Crippen LogP contribution is 2.14. The number of carbonyl (C=O) groups is 2. The van der Waals surface area contributed by atoms with Gasteiger partial charge in [-0.25, -0.2) is 4.79 Å². The Kier molecular flexibility index (Phi) is 5.18. The zero-order chi connectivity index (χ0) is 16.0. The van der Waals surface area contributed by atoms with Crippen molar-refractivity contribution in [1.82, 2.24) is 5.32 Å². The van der Waals surface area contributed by atoms with E-state index in [1.807, 2.05) is 0 Å². The first-order valence-electron chi connectivity index (χ1n) is 6.09. The first-order chi connectivity index (χ1) is 9.76. The van der Waals surface area contributed by atoms with Gasteiger partial charge in [-0.2, -0.15) is 0 Å². The van der Waals surface area contributed by atoms with Gasteiger partial charge in [0.05, 0.1) is 12.0 Å². The summed E-state index contributed by atoms with van der Waals surface area (Å²) in [6.45, 7) is 3.02. The van der Waals surface area contributed by atoms with Gasteiger partial charge in [-0.3, -0.25) is 14.9 Å². The number of benzene rings is 1. The third kappa shape index (κ3) is 4.72. The number of hydrogen-bond acceptors (Lipinski definition) is 5. The third-order valence-electron chi connectivity index (χ3n) is 2.64. The highest BCUT2D eigenvalue weighted by atomic mass is 16.6. The Labute approximate surface area is 121 Å². The molecule has 0 spiro atoms. The van der Waals surface area contributed by atoms with Crippen molar-refractivity contribution in [3.63, 3.8) is 0 Å². The topological polar surface area (TPSA) is 98.5 Å². The van der Waals surface area contributed by atoms with Crippen molar-refractivity contribution in [2.75, 3.05) is 7.11 Å². The van der Waals surface area contributed by atoms with Crippen LogP contribution in [0.25, 0.3) is 6.08 Å². The van der Waals surface area contributed by atoms with Crippen LogP contribution in [0.1, 0.15) is 19.4 Å². The summed E-state index contributed by atoms with van der Waals surface area (Å²) in [5.41, 5.74) is -0.707. The lowest BCUT2D eigenvalue weighted by Crippen LogP contribution is -2.49. The van der Waals surface area contributed by atoms with E-state index in [-0.39, 0.29) is 5.69 Å². The molecule has 112 valence electrons. The predicted octanol–water partition coefficient (Wildman–Crippen LogP) is 1.68. The number of nitrogens with one attached hydrogen (secondary N) is 1. The Balaban J connectivity index is 2.77. The van der Waals surface area contributed by atoms with Gasteiger partial charge in [-0.1, -0.05) is 12.1 Å². The molecule has 1 N–H and O–H groups in total. The molecule has 0 unspecified atom stereocenters. The number of ether oxygens (including phenoxy) is 1. The number of rotatable bonds is 5. The fourth-order valence-electron chi connectivity index (χ4n) is 1.57. The standard InChI is InChI=1S/C14H16N2O5/c1-14(2,13(18)21-3)15-12(17)8-7-10-5-4-6-11(9-10)16(19)20/h4-9H,1-3H3,(H,15,17)/b8-7+. The van der Waals surface area contributed by atoms with Crippen molar-refractivity contribution in [2.45, 2.75) is 19.4 Å². The molecule has 7 heteroatoms. The molecule has 0 aromatic heterocycles. The Morgan fingerprint density at radius 2 is 2.05 bits per heavy atom. The highest BCUT2D eigenvalue weighted by molar-refractivity contribution is 5.95. The van der Waals surface area contributed by atoms with E-state index in [9.17, 15) is 19.7 Å². The maximum atomic E-state index is 11.7. The van der Waals surface area contributed by atoms with E-state index in [0.717, 1.165) is 0 Å². The van der Waals surface area contributed by atoms with E-state index in [0.29, 0.717) is 5.56 Å². The second-order valence-corrected chi connectivity index (χ2v) is 4.79. The molecule has 0 bridgehead atoms. The van der Waals surface area contributed by atoms with Crippen molar-refractivity contribution in [3.05, 3.63) is 46.0 Å². The van der Waals surface area contributed by atoms with Gasteiger partial charge in [0.1, 0.15) is 5.54 Å². The lowest BCUT2D eigenvalue weighted by molar-refractivity contribution is -0.384. The third-order valence-corrected chi connectivity index (χ3v) is 2.64. The number of non-ortho nitro benzene ring substituents is 1. The average Bonchev–Trinajstić information content (AvgIpc) is 2.44. The van der Waals surface area contributed by atoms with E-state index in [1.165, 1.54) is 51.3 Å². The van der Waals surface area contributed by atoms with Crippen LogP contribution in [0.5, 0.6) is 0 Å². The smallest absolute Gasteiger partial charge is 0.330 e. The maximum absolute atomic E-state index is 11.7. The zero-order valence-corrected chi connectivity index (χ0v) is 12.0. The van der Waals surface area contributed by atoms with E-state index in [1.54, 1.807) is 6.07 Å². The number of carbonyl (C=O) groups excluding carboxylic acids is 2.